The van der Waals surface area contributed by atoms with E-state index in [2.05, 4.69) is 16.7 Å². The first kappa shape index (κ1) is 13.6. The van der Waals surface area contributed by atoms with Crippen LogP contribution in [0, 0.1) is 11.3 Å². The minimum Gasteiger partial charge on any atom is -0.353 e. The second kappa shape index (κ2) is 6.39. The molecule has 1 aliphatic carbocycles. The molecule has 0 atom stereocenters. The zero-order valence-corrected chi connectivity index (χ0v) is 11.3. The van der Waals surface area contributed by atoms with Crippen LogP contribution >= 0.6 is 0 Å². The van der Waals surface area contributed by atoms with Crippen LogP contribution < -0.4 is 10.6 Å². The average Bonchev–Trinajstić information content (AvgIpc) is 3.11. The van der Waals surface area contributed by atoms with Crippen LogP contribution in [0.1, 0.15) is 36.9 Å². The van der Waals surface area contributed by atoms with E-state index in [0.29, 0.717) is 18.2 Å². The molecule has 5 nitrogen and oxygen atoms in total. The van der Waals surface area contributed by atoms with Gasteiger partial charge in [0, 0.05) is 32.3 Å². The fourth-order valence-electron chi connectivity index (χ4n) is 1.97. The molecule has 0 aromatic carbocycles. The van der Waals surface area contributed by atoms with Crippen molar-refractivity contribution in [2.45, 2.75) is 38.3 Å². The van der Waals surface area contributed by atoms with Crippen LogP contribution in [-0.2, 0) is 18.4 Å². The standard InChI is InChI=1S/C14H20N4O/c1-18-10-11(7-13(18)8-15)9-16-6-2-3-14(19)17-12-4-5-12/h7,10,12,16H,2-6,9H2,1H3,(H,17,19). The molecule has 2 rings (SSSR count). The molecule has 5 heteroatoms. The highest BCUT2D eigenvalue weighted by Crippen LogP contribution is 2.18. The molecule has 2 N–H and O–H groups in total. The van der Waals surface area contributed by atoms with Crippen molar-refractivity contribution in [2.24, 2.45) is 7.05 Å². The van der Waals surface area contributed by atoms with Crippen molar-refractivity contribution in [1.29, 1.82) is 5.26 Å². The molecule has 1 aromatic rings. The number of carbonyl (C=O) groups excluding carboxylic acids is 1. The van der Waals surface area contributed by atoms with Crippen LogP contribution in [0.4, 0.5) is 0 Å². The first-order valence-electron chi connectivity index (χ1n) is 6.74. The van der Waals surface area contributed by atoms with Gasteiger partial charge in [0.05, 0.1) is 0 Å². The molecule has 0 radical (unpaired) electrons. The van der Waals surface area contributed by atoms with Crippen molar-refractivity contribution in [3.63, 3.8) is 0 Å². The van der Waals surface area contributed by atoms with E-state index in [0.717, 1.165) is 37.9 Å². The highest BCUT2D eigenvalue weighted by Gasteiger charge is 2.22. The molecule has 1 aromatic heterocycles. The van der Waals surface area contributed by atoms with Crippen LogP contribution in [0.15, 0.2) is 12.3 Å². The maximum Gasteiger partial charge on any atom is 0.220 e. The lowest BCUT2D eigenvalue weighted by Gasteiger charge is -2.04. The Bertz CT molecular complexity index is 482. The van der Waals surface area contributed by atoms with Crippen molar-refractivity contribution >= 4 is 5.91 Å². The number of hydrogen-bond acceptors (Lipinski definition) is 3. The van der Waals surface area contributed by atoms with Gasteiger partial charge in [-0.25, -0.2) is 0 Å². The minimum absolute atomic E-state index is 0.163. The smallest absolute Gasteiger partial charge is 0.220 e. The molecule has 1 heterocycles. The molecular weight excluding hydrogens is 240 g/mol. The van der Waals surface area contributed by atoms with Gasteiger partial charge in [-0.15, -0.1) is 0 Å². The van der Waals surface area contributed by atoms with E-state index in [9.17, 15) is 4.79 Å². The number of nitriles is 1. The molecule has 1 amide bonds. The Labute approximate surface area is 113 Å². The van der Waals surface area contributed by atoms with Crippen LogP contribution in [0.3, 0.4) is 0 Å². The Hall–Kier alpha value is -1.80. The number of nitrogens with zero attached hydrogens (tertiary/aromatic N) is 2. The summed E-state index contributed by atoms with van der Waals surface area (Å²) in [6, 6.07) is 4.47. The van der Waals surface area contributed by atoms with Crippen LogP contribution in [0.25, 0.3) is 0 Å². The monoisotopic (exact) mass is 260 g/mol. The van der Waals surface area contributed by atoms with E-state index in [1.165, 1.54) is 0 Å². The molecule has 0 saturated heterocycles. The van der Waals surface area contributed by atoms with Gasteiger partial charge in [-0.05, 0) is 37.4 Å². The average molecular weight is 260 g/mol. The van der Waals surface area contributed by atoms with Crippen LogP contribution in [0.5, 0.6) is 0 Å². The molecule has 1 fully saturated rings. The number of hydrogen-bond donors (Lipinski definition) is 2. The maximum absolute atomic E-state index is 11.4. The Morgan fingerprint density at radius 3 is 3.00 bits per heavy atom. The molecule has 0 spiro atoms. The van der Waals surface area contributed by atoms with E-state index >= 15 is 0 Å². The molecular formula is C14H20N4O. The fourth-order valence-corrected chi connectivity index (χ4v) is 1.97. The summed E-state index contributed by atoms with van der Waals surface area (Å²) in [5, 5.41) is 15.1. The van der Waals surface area contributed by atoms with Crippen molar-refractivity contribution in [3.8, 4) is 6.07 Å². The molecule has 0 aliphatic heterocycles. The van der Waals surface area contributed by atoms with Crippen LogP contribution in [-0.4, -0.2) is 23.1 Å². The number of nitrogens with one attached hydrogen (secondary N) is 2. The molecule has 102 valence electrons. The van der Waals surface area contributed by atoms with E-state index in [1.807, 2.05) is 23.9 Å². The van der Waals surface area contributed by atoms with Gasteiger partial charge in [-0.3, -0.25) is 4.79 Å². The number of amides is 1. The zero-order valence-electron chi connectivity index (χ0n) is 11.3. The van der Waals surface area contributed by atoms with Gasteiger partial charge in [0.1, 0.15) is 11.8 Å². The SMILES string of the molecule is Cn1cc(CNCCCC(=O)NC2CC2)cc1C#N. The summed E-state index contributed by atoms with van der Waals surface area (Å²) in [5.74, 6) is 0.163. The topological polar surface area (TPSA) is 69.8 Å². The van der Waals surface area contributed by atoms with Gasteiger partial charge in [0.25, 0.3) is 0 Å². The Kier molecular flexibility index (Phi) is 4.58. The number of aryl methyl sites for hydroxylation is 1. The van der Waals surface area contributed by atoms with Crippen molar-refractivity contribution < 1.29 is 4.79 Å². The predicted octanol–water partition coefficient (Wildman–Crippen LogP) is 1.05. The summed E-state index contributed by atoms with van der Waals surface area (Å²) >= 11 is 0. The lowest BCUT2D eigenvalue weighted by molar-refractivity contribution is -0.121. The van der Waals surface area contributed by atoms with Crippen molar-refractivity contribution in [1.82, 2.24) is 15.2 Å². The van der Waals surface area contributed by atoms with Crippen LogP contribution in [0.2, 0.25) is 0 Å². The first-order chi connectivity index (χ1) is 9.19. The number of carbonyl (C=O) groups is 1. The van der Waals surface area contributed by atoms with Gasteiger partial charge in [0.15, 0.2) is 0 Å². The summed E-state index contributed by atoms with van der Waals surface area (Å²) in [7, 11) is 1.87. The minimum atomic E-state index is 0.163. The lowest BCUT2D eigenvalue weighted by atomic mass is 10.2. The third-order valence-corrected chi connectivity index (χ3v) is 3.21. The normalized spacial score (nSPS) is 14.1. The summed E-state index contributed by atoms with van der Waals surface area (Å²) in [6.45, 7) is 1.55. The van der Waals surface area contributed by atoms with Gasteiger partial charge in [-0.1, -0.05) is 0 Å². The van der Waals surface area contributed by atoms with Crippen molar-refractivity contribution in [3.05, 3.63) is 23.5 Å². The van der Waals surface area contributed by atoms with Gasteiger partial charge >= 0.3 is 0 Å². The lowest BCUT2D eigenvalue weighted by Crippen LogP contribution is -2.26. The first-order valence-corrected chi connectivity index (χ1v) is 6.74. The van der Waals surface area contributed by atoms with Crippen molar-refractivity contribution in [2.75, 3.05) is 6.54 Å². The van der Waals surface area contributed by atoms with Gasteiger partial charge in [-0.2, -0.15) is 5.26 Å². The molecule has 19 heavy (non-hydrogen) atoms. The molecule has 1 aliphatic rings. The second-order valence-corrected chi connectivity index (χ2v) is 5.08. The Morgan fingerprint density at radius 1 is 1.58 bits per heavy atom. The fraction of sp³-hybridized carbons (Fsp3) is 0.571. The Balaban J connectivity index is 1.58. The largest absolute Gasteiger partial charge is 0.353 e. The van der Waals surface area contributed by atoms with E-state index in [4.69, 9.17) is 5.26 Å². The number of aromatic nitrogens is 1. The highest BCUT2D eigenvalue weighted by atomic mass is 16.1. The predicted molar refractivity (Wildman–Crippen MR) is 72.2 cm³/mol. The zero-order chi connectivity index (χ0) is 13.7. The number of rotatable bonds is 7. The summed E-state index contributed by atoms with van der Waals surface area (Å²) in [5.41, 5.74) is 1.77. The quantitative estimate of drug-likeness (QED) is 0.720. The van der Waals surface area contributed by atoms with E-state index in [-0.39, 0.29) is 5.91 Å². The molecule has 0 unspecified atom stereocenters. The third-order valence-electron chi connectivity index (χ3n) is 3.21. The Morgan fingerprint density at radius 2 is 2.37 bits per heavy atom. The molecule has 0 bridgehead atoms. The van der Waals surface area contributed by atoms with Gasteiger partial charge < -0.3 is 15.2 Å². The highest BCUT2D eigenvalue weighted by molar-refractivity contribution is 5.76. The van der Waals surface area contributed by atoms with E-state index in [1.54, 1.807) is 0 Å². The maximum atomic E-state index is 11.4. The third kappa shape index (κ3) is 4.42. The summed E-state index contributed by atoms with van der Waals surface area (Å²) < 4.78 is 1.82. The summed E-state index contributed by atoms with van der Waals surface area (Å²) in [6.07, 6.45) is 5.65. The van der Waals surface area contributed by atoms with E-state index < -0.39 is 0 Å². The second-order valence-electron chi connectivity index (χ2n) is 5.08. The molecule has 1 saturated carbocycles. The van der Waals surface area contributed by atoms with Gasteiger partial charge in [0.2, 0.25) is 5.91 Å². The summed E-state index contributed by atoms with van der Waals surface area (Å²) in [4.78, 5) is 11.4.